The number of oxazole rings is 1. The van der Waals surface area contributed by atoms with Gasteiger partial charge in [-0.2, -0.15) is 35.0 Å². The second-order valence-electron chi connectivity index (χ2n) is 20.4. The fourth-order valence-electron chi connectivity index (χ4n) is 9.79. The summed E-state index contributed by atoms with van der Waals surface area (Å²) in [5.41, 5.74) is 14.2. The quantitative estimate of drug-likeness (QED) is 0.162. The van der Waals surface area contributed by atoms with Crippen molar-refractivity contribution in [3.8, 4) is 29.9 Å². The van der Waals surface area contributed by atoms with Crippen molar-refractivity contribution in [2.75, 3.05) is 47.9 Å². The van der Waals surface area contributed by atoms with E-state index in [1.807, 2.05) is 256 Å². The van der Waals surface area contributed by atoms with Gasteiger partial charge in [0, 0.05) is 98.1 Å². The topological polar surface area (TPSA) is 264 Å². The number of hydrogen-bond donors (Lipinski definition) is 1. The van der Waals surface area contributed by atoms with E-state index in [0.29, 0.717) is 35.9 Å². The second kappa shape index (κ2) is 34.7. The molecule has 27 heteroatoms. The van der Waals surface area contributed by atoms with Crippen LogP contribution in [0.3, 0.4) is 0 Å². The predicted octanol–water partition coefficient (Wildman–Crippen LogP) is 12.9. The van der Waals surface area contributed by atoms with Gasteiger partial charge in [-0.3, -0.25) is 32.3 Å². The van der Waals surface area contributed by atoms with Crippen LogP contribution in [0, 0.1) is 6.92 Å². The molecule has 0 spiro atoms. The second-order valence-corrected chi connectivity index (χ2v) is 20.4. The number of pyridine rings is 5. The van der Waals surface area contributed by atoms with Gasteiger partial charge in [-0.15, -0.1) is 0 Å². The molecule has 0 atom stereocenters. The highest BCUT2D eigenvalue weighted by Gasteiger charge is 2.11. The molecule has 0 amide bonds. The number of imidazole rings is 7. The molecule has 3 aromatic carbocycles. The number of benzene rings is 3. The van der Waals surface area contributed by atoms with Gasteiger partial charge in [0.25, 0.3) is 30.1 Å². The van der Waals surface area contributed by atoms with E-state index in [1.165, 1.54) is 0 Å². The van der Waals surface area contributed by atoms with Crippen molar-refractivity contribution >= 4 is 95.0 Å². The number of aromatic nitrogens is 20. The lowest BCUT2D eigenvalue weighted by Gasteiger charge is -1.97. The molecule has 0 aliphatic carbocycles. The summed E-state index contributed by atoms with van der Waals surface area (Å²) in [6, 6.07) is 46.0. The highest BCUT2D eigenvalue weighted by atomic mass is 16.5. The van der Waals surface area contributed by atoms with Crippen molar-refractivity contribution in [1.82, 2.24) is 96.2 Å². The molecule has 0 aliphatic heterocycles. The maximum atomic E-state index is 5.29. The van der Waals surface area contributed by atoms with E-state index >= 15 is 0 Å². The van der Waals surface area contributed by atoms with Crippen LogP contribution in [-0.2, 0) is 42.3 Å². The van der Waals surface area contributed by atoms with E-state index in [2.05, 4.69) is 75.7 Å². The standard InChI is InChI=1S/C10H9N3.2C9H10N2O.3C8H9N3O.C8H8N2O.C7H7N3.2C2H6/c1-12-6-7-13-9-5-3-2-4-8(9)11-10(12)13;1-11-8-6-4-3-5-7(8)10-9(11)12-2;1-7-9(12-2)10-8-5-3-4-6-11(7)8;1-11-7-5-9-4-3-6(7)10-8(11)12-2;1-11-6-4-3-5-9-7(6)10-8(11)12-2;1-11-7-6(4-3-5-9-7)10-8(11)12-2;1-9-8-10-6-4-2-3-5-7(6)11-8;1-10-7-6(5-9-10)3-2-4-8-7;2*1-2/h2-7H,1H3;2*3-6H,1-2H3;3*3-5H,1-2H3;2-5H,1H3,(H,9,10);2-5H,1H3;2*1-2H3. The number of para-hydroxylation sites is 6. The Morgan fingerprint density at radius 1 is 0.418 bits per heavy atom. The van der Waals surface area contributed by atoms with Gasteiger partial charge in [-0.25, -0.2) is 19.9 Å². The van der Waals surface area contributed by atoms with Crippen molar-refractivity contribution in [1.29, 1.82) is 0 Å². The van der Waals surface area contributed by atoms with E-state index in [9.17, 15) is 0 Å². The minimum atomic E-state index is 0.561. The SMILES string of the molecule is CC.CC.CNc1nc2ccccc2o1.COc1nc2ccccc2n1C.COc1nc2ccccn2c1C.COc1nc2cccnc2n1C.COc1nc2ccncc2n1C.COc1nc2ncccc2n1C.Cn1ccn2c3ccccc3nc12.Cn1ncc2cccnc21. The summed E-state index contributed by atoms with van der Waals surface area (Å²) in [6.45, 7) is 9.98. The van der Waals surface area contributed by atoms with Gasteiger partial charge in [-0.05, 0) is 97.9 Å². The molecule has 0 aliphatic rings. The van der Waals surface area contributed by atoms with Crippen LogP contribution in [0.4, 0.5) is 6.01 Å². The van der Waals surface area contributed by atoms with E-state index in [4.69, 9.17) is 28.1 Å². The number of rotatable bonds is 6. The van der Waals surface area contributed by atoms with Crippen molar-refractivity contribution in [2.24, 2.45) is 42.3 Å². The Hall–Kier alpha value is -12.4. The molecule has 0 radical (unpaired) electrons. The first kappa shape index (κ1) is 71.4. The van der Waals surface area contributed by atoms with E-state index in [-0.39, 0.29) is 0 Å². The van der Waals surface area contributed by atoms with Gasteiger partial charge in [0.05, 0.1) is 92.3 Å². The van der Waals surface area contributed by atoms with E-state index in [1.54, 1.807) is 78.3 Å². The number of aryl methyl sites for hydroxylation is 7. The number of ether oxygens (including phenoxy) is 5. The molecule has 14 heterocycles. The molecular formula is C71H83N21O6. The summed E-state index contributed by atoms with van der Waals surface area (Å²) < 4.78 is 45.9. The number of fused-ring (bicyclic) bond motifs is 10. The Morgan fingerprint density at radius 3 is 1.58 bits per heavy atom. The van der Waals surface area contributed by atoms with Crippen LogP contribution in [0.5, 0.6) is 29.9 Å². The summed E-state index contributed by atoms with van der Waals surface area (Å²) in [6.07, 6.45) is 16.5. The fourth-order valence-corrected chi connectivity index (χ4v) is 9.79. The lowest BCUT2D eigenvalue weighted by Crippen LogP contribution is -1.94. The highest BCUT2D eigenvalue weighted by Crippen LogP contribution is 2.23. The molecule has 17 aromatic rings. The van der Waals surface area contributed by atoms with Crippen LogP contribution in [0.1, 0.15) is 33.4 Å². The number of hydrogen-bond acceptors (Lipinski definition) is 19. The van der Waals surface area contributed by atoms with E-state index < -0.39 is 0 Å². The Balaban J connectivity index is 0.000000142. The minimum Gasteiger partial charge on any atom is -0.480 e. The number of nitrogens with one attached hydrogen (secondary N) is 1. The fraction of sp³-hybridized carbons (Fsp3) is 0.239. The molecule has 14 aromatic heterocycles. The third-order valence-electron chi connectivity index (χ3n) is 14.6. The van der Waals surface area contributed by atoms with Gasteiger partial charge < -0.3 is 42.4 Å². The molecule has 0 saturated heterocycles. The zero-order chi connectivity index (χ0) is 70.3. The van der Waals surface area contributed by atoms with Gasteiger partial charge in [0.1, 0.15) is 16.7 Å². The Kier molecular flexibility index (Phi) is 25.3. The van der Waals surface area contributed by atoms with Crippen LogP contribution in [0.2, 0.25) is 0 Å². The number of nitrogens with zero attached hydrogens (tertiary/aromatic N) is 20. The third-order valence-corrected chi connectivity index (χ3v) is 14.6. The number of anilines is 1. The molecule has 98 heavy (non-hydrogen) atoms. The molecule has 27 nitrogen and oxygen atoms in total. The summed E-state index contributed by atoms with van der Waals surface area (Å²) in [5, 5.41) is 7.98. The summed E-state index contributed by atoms with van der Waals surface area (Å²) >= 11 is 0. The third kappa shape index (κ3) is 16.5. The van der Waals surface area contributed by atoms with Crippen molar-refractivity contribution < 1.29 is 28.1 Å². The van der Waals surface area contributed by atoms with E-state index in [0.717, 1.165) is 94.7 Å². The number of methoxy groups -OCH3 is 5. The molecule has 1 N–H and O–H groups in total. The average molecular weight is 1330 g/mol. The Bertz CT molecular complexity index is 4780. The first-order chi connectivity index (χ1) is 47.8. The van der Waals surface area contributed by atoms with Crippen LogP contribution >= 0.6 is 0 Å². The summed E-state index contributed by atoms with van der Waals surface area (Å²) in [4.78, 5) is 46.2. The molecule has 0 unspecified atom stereocenters. The smallest absolute Gasteiger partial charge is 0.298 e. The predicted molar refractivity (Wildman–Crippen MR) is 385 cm³/mol. The minimum absolute atomic E-state index is 0.561. The van der Waals surface area contributed by atoms with Gasteiger partial charge in [0.2, 0.25) is 11.7 Å². The van der Waals surface area contributed by atoms with Crippen LogP contribution < -0.4 is 29.0 Å². The van der Waals surface area contributed by atoms with Crippen LogP contribution in [0.15, 0.2) is 194 Å². The summed E-state index contributed by atoms with van der Waals surface area (Å²) in [5.74, 6) is 1.68. The summed E-state index contributed by atoms with van der Waals surface area (Å²) in [7, 11) is 21.3. The lowest BCUT2D eigenvalue weighted by molar-refractivity contribution is 0.368. The largest absolute Gasteiger partial charge is 0.480 e. The van der Waals surface area contributed by atoms with Gasteiger partial charge in [-0.1, -0.05) is 70.2 Å². The maximum Gasteiger partial charge on any atom is 0.298 e. The highest BCUT2D eigenvalue weighted by molar-refractivity contribution is 5.80. The zero-order valence-corrected chi connectivity index (χ0v) is 58.3. The van der Waals surface area contributed by atoms with Crippen LogP contribution in [-0.4, -0.2) is 139 Å². The van der Waals surface area contributed by atoms with Gasteiger partial charge >= 0.3 is 0 Å². The maximum absolute atomic E-state index is 5.29. The Morgan fingerprint density at radius 2 is 0.959 bits per heavy atom. The molecular weight excluding hydrogens is 1240 g/mol. The Labute approximate surface area is 566 Å². The van der Waals surface area contributed by atoms with Crippen molar-refractivity contribution in [3.05, 3.63) is 195 Å². The molecule has 0 bridgehead atoms. The normalized spacial score (nSPS) is 10.3. The zero-order valence-electron chi connectivity index (χ0n) is 58.3. The van der Waals surface area contributed by atoms with Crippen molar-refractivity contribution in [3.63, 3.8) is 0 Å². The molecule has 17 rings (SSSR count). The molecule has 0 saturated carbocycles. The van der Waals surface area contributed by atoms with Crippen molar-refractivity contribution in [2.45, 2.75) is 34.6 Å². The molecule has 508 valence electrons. The monoisotopic (exact) mass is 1330 g/mol. The molecule has 0 fully saturated rings. The first-order valence-electron chi connectivity index (χ1n) is 31.3. The average Bonchev–Trinajstić information content (AvgIpc) is 1.63. The lowest BCUT2D eigenvalue weighted by atomic mass is 10.3. The first-order valence-corrected chi connectivity index (χ1v) is 31.3. The van der Waals surface area contributed by atoms with Crippen LogP contribution in [0.25, 0.3) is 89.0 Å². The van der Waals surface area contributed by atoms with Gasteiger partial charge in [0.15, 0.2) is 22.5 Å².